The SMILES string of the molecule is CCCc1ccc(-c2ccccc2C(=O)O)c(C(=O)O)c1. The third-order valence-corrected chi connectivity index (χ3v) is 3.30. The number of aryl methyl sites for hydroxylation is 1. The molecule has 0 saturated carbocycles. The summed E-state index contributed by atoms with van der Waals surface area (Å²) in [5, 5.41) is 18.6. The van der Waals surface area contributed by atoms with Crippen LogP contribution in [0.5, 0.6) is 0 Å². The molecule has 0 amide bonds. The van der Waals surface area contributed by atoms with Crippen molar-refractivity contribution >= 4 is 11.9 Å². The van der Waals surface area contributed by atoms with Crippen molar-refractivity contribution in [3.05, 3.63) is 59.2 Å². The second-order valence-corrected chi connectivity index (χ2v) is 4.79. The molecular formula is C17H16O4. The van der Waals surface area contributed by atoms with Crippen LogP contribution in [-0.4, -0.2) is 22.2 Å². The molecule has 0 aromatic heterocycles. The van der Waals surface area contributed by atoms with Crippen molar-refractivity contribution in [3.8, 4) is 11.1 Å². The van der Waals surface area contributed by atoms with Gasteiger partial charge in [0.1, 0.15) is 0 Å². The molecule has 108 valence electrons. The van der Waals surface area contributed by atoms with Crippen LogP contribution in [0.2, 0.25) is 0 Å². The predicted molar refractivity (Wildman–Crippen MR) is 79.8 cm³/mol. The minimum atomic E-state index is -1.07. The minimum Gasteiger partial charge on any atom is -0.478 e. The highest BCUT2D eigenvalue weighted by molar-refractivity contribution is 6.02. The van der Waals surface area contributed by atoms with Crippen molar-refractivity contribution in [3.63, 3.8) is 0 Å². The molecule has 0 heterocycles. The molecule has 0 atom stereocenters. The number of hydrogen-bond acceptors (Lipinski definition) is 2. The number of aromatic carboxylic acids is 2. The Morgan fingerprint density at radius 1 is 0.905 bits per heavy atom. The van der Waals surface area contributed by atoms with Crippen LogP contribution >= 0.6 is 0 Å². The molecule has 0 saturated heterocycles. The van der Waals surface area contributed by atoms with Crippen LogP contribution in [-0.2, 0) is 6.42 Å². The largest absolute Gasteiger partial charge is 0.478 e. The summed E-state index contributed by atoms with van der Waals surface area (Å²) in [5.41, 5.74) is 2.02. The maximum atomic E-state index is 11.5. The lowest BCUT2D eigenvalue weighted by atomic mass is 9.93. The van der Waals surface area contributed by atoms with Gasteiger partial charge in [-0.2, -0.15) is 0 Å². The second kappa shape index (κ2) is 6.22. The van der Waals surface area contributed by atoms with E-state index in [-0.39, 0.29) is 11.1 Å². The van der Waals surface area contributed by atoms with Gasteiger partial charge in [0.25, 0.3) is 0 Å². The van der Waals surface area contributed by atoms with Crippen LogP contribution in [0, 0.1) is 0 Å². The van der Waals surface area contributed by atoms with Gasteiger partial charge in [-0.05, 0) is 35.2 Å². The fourth-order valence-electron chi connectivity index (χ4n) is 2.35. The van der Waals surface area contributed by atoms with E-state index in [0.717, 1.165) is 18.4 Å². The predicted octanol–water partition coefficient (Wildman–Crippen LogP) is 3.70. The van der Waals surface area contributed by atoms with E-state index in [9.17, 15) is 19.8 Å². The van der Waals surface area contributed by atoms with Crippen LogP contribution in [0.4, 0.5) is 0 Å². The van der Waals surface area contributed by atoms with E-state index in [0.29, 0.717) is 11.1 Å². The number of benzene rings is 2. The molecule has 2 aromatic rings. The van der Waals surface area contributed by atoms with Crippen LogP contribution in [0.25, 0.3) is 11.1 Å². The third kappa shape index (κ3) is 3.11. The normalized spacial score (nSPS) is 10.3. The number of rotatable bonds is 5. The molecule has 0 fully saturated rings. The van der Waals surface area contributed by atoms with Gasteiger partial charge in [0.15, 0.2) is 0 Å². The fourth-order valence-corrected chi connectivity index (χ4v) is 2.35. The molecule has 21 heavy (non-hydrogen) atoms. The molecule has 2 rings (SSSR count). The minimum absolute atomic E-state index is 0.100. The second-order valence-electron chi connectivity index (χ2n) is 4.79. The standard InChI is InChI=1S/C17H16O4/c1-2-5-11-8-9-13(15(10-11)17(20)21)12-6-3-4-7-14(12)16(18)19/h3-4,6-10H,2,5H2,1H3,(H,18,19)(H,20,21). The summed E-state index contributed by atoms with van der Waals surface area (Å²) in [5.74, 6) is -2.12. The van der Waals surface area contributed by atoms with Gasteiger partial charge < -0.3 is 10.2 Å². The first kappa shape index (κ1) is 14.8. The quantitative estimate of drug-likeness (QED) is 0.877. The van der Waals surface area contributed by atoms with E-state index in [1.807, 2.05) is 13.0 Å². The lowest BCUT2D eigenvalue weighted by Gasteiger charge is -2.11. The molecule has 0 aliphatic rings. The lowest BCUT2D eigenvalue weighted by molar-refractivity contribution is 0.0684. The number of carboxylic acids is 2. The molecule has 0 radical (unpaired) electrons. The molecule has 2 aromatic carbocycles. The summed E-state index contributed by atoms with van der Waals surface area (Å²) in [6.07, 6.45) is 1.71. The maximum Gasteiger partial charge on any atom is 0.336 e. The maximum absolute atomic E-state index is 11.5. The summed E-state index contributed by atoms with van der Waals surface area (Å²) in [4.78, 5) is 22.8. The first-order valence-electron chi connectivity index (χ1n) is 6.73. The Morgan fingerprint density at radius 2 is 1.52 bits per heavy atom. The van der Waals surface area contributed by atoms with Gasteiger partial charge in [-0.25, -0.2) is 9.59 Å². The zero-order valence-electron chi connectivity index (χ0n) is 11.7. The van der Waals surface area contributed by atoms with Gasteiger partial charge in [-0.3, -0.25) is 0 Å². The van der Waals surface area contributed by atoms with Gasteiger partial charge in [-0.1, -0.05) is 43.7 Å². The van der Waals surface area contributed by atoms with Crippen molar-refractivity contribution in [1.29, 1.82) is 0 Å². The average molecular weight is 284 g/mol. The Labute approximate surface area is 122 Å². The van der Waals surface area contributed by atoms with E-state index in [4.69, 9.17) is 0 Å². The highest BCUT2D eigenvalue weighted by Gasteiger charge is 2.17. The van der Waals surface area contributed by atoms with Crippen molar-refractivity contribution in [2.75, 3.05) is 0 Å². The third-order valence-electron chi connectivity index (χ3n) is 3.30. The molecule has 0 spiro atoms. The van der Waals surface area contributed by atoms with Crippen LogP contribution < -0.4 is 0 Å². The first-order chi connectivity index (χ1) is 10.0. The number of hydrogen-bond donors (Lipinski definition) is 2. The number of carbonyl (C=O) groups is 2. The summed E-state index contributed by atoms with van der Waals surface area (Å²) in [6.45, 7) is 2.02. The number of carboxylic acid groups (broad SMARTS) is 2. The van der Waals surface area contributed by atoms with Crippen molar-refractivity contribution < 1.29 is 19.8 Å². The highest BCUT2D eigenvalue weighted by atomic mass is 16.4. The Bertz CT molecular complexity index is 689. The highest BCUT2D eigenvalue weighted by Crippen LogP contribution is 2.28. The van der Waals surface area contributed by atoms with Gasteiger partial charge >= 0.3 is 11.9 Å². The summed E-state index contributed by atoms with van der Waals surface area (Å²) < 4.78 is 0. The summed E-state index contributed by atoms with van der Waals surface area (Å²) >= 11 is 0. The van der Waals surface area contributed by atoms with Crippen LogP contribution in [0.1, 0.15) is 39.6 Å². The monoisotopic (exact) mass is 284 g/mol. The Kier molecular flexibility index (Phi) is 4.38. The molecular weight excluding hydrogens is 268 g/mol. The van der Waals surface area contributed by atoms with E-state index < -0.39 is 11.9 Å². The first-order valence-corrected chi connectivity index (χ1v) is 6.73. The fraction of sp³-hybridized carbons (Fsp3) is 0.176. The zero-order chi connectivity index (χ0) is 15.4. The Balaban J connectivity index is 2.64. The zero-order valence-corrected chi connectivity index (χ0v) is 11.7. The van der Waals surface area contributed by atoms with Crippen LogP contribution in [0.15, 0.2) is 42.5 Å². The average Bonchev–Trinajstić information content (AvgIpc) is 2.47. The van der Waals surface area contributed by atoms with Gasteiger partial charge in [0.05, 0.1) is 11.1 Å². The molecule has 0 bridgehead atoms. The Morgan fingerprint density at radius 3 is 2.14 bits per heavy atom. The van der Waals surface area contributed by atoms with E-state index in [1.165, 1.54) is 6.07 Å². The van der Waals surface area contributed by atoms with Gasteiger partial charge in [-0.15, -0.1) is 0 Å². The molecule has 0 unspecified atom stereocenters. The molecule has 0 aliphatic carbocycles. The molecule has 0 aliphatic heterocycles. The van der Waals surface area contributed by atoms with Crippen molar-refractivity contribution in [1.82, 2.24) is 0 Å². The topological polar surface area (TPSA) is 74.6 Å². The molecule has 2 N–H and O–H groups in total. The summed E-state index contributed by atoms with van der Waals surface area (Å²) in [7, 11) is 0. The molecule has 4 nitrogen and oxygen atoms in total. The Hall–Kier alpha value is -2.62. The lowest BCUT2D eigenvalue weighted by Crippen LogP contribution is -2.05. The van der Waals surface area contributed by atoms with E-state index in [2.05, 4.69) is 0 Å². The van der Waals surface area contributed by atoms with Crippen LogP contribution in [0.3, 0.4) is 0 Å². The van der Waals surface area contributed by atoms with Crippen molar-refractivity contribution in [2.45, 2.75) is 19.8 Å². The summed E-state index contributed by atoms with van der Waals surface area (Å²) in [6, 6.07) is 11.6. The van der Waals surface area contributed by atoms with E-state index >= 15 is 0 Å². The molecule has 4 heteroatoms. The van der Waals surface area contributed by atoms with Gasteiger partial charge in [0.2, 0.25) is 0 Å². The smallest absolute Gasteiger partial charge is 0.336 e. The van der Waals surface area contributed by atoms with E-state index in [1.54, 1.807) is 30.3 Å². The van der Waals surface area contributed by atoms with Gasteiger partial charge in [0, 0.05) is 0 Å². The van der Waals surface area contributed by atoms with Crippen molar-refractivity contribution in [2.24, 2.45) is 0 Å².